The molecule has 0 spiro atoms. The summed E-state index contributed by atoms with van der Waals surface area (Å²) < 4.78 is 37.6. The molecule has 2 aromatic heterocycles. The van der Waals surface area contributed by atoms with Gasteiger partial charge in [0.05, 0.1) is 16.1 Å². The van der Waals surface area contributed by atoms with Crippen molar-refractivity contribution in [2.45, 2.75) is 6.18 Å². The minimum atomic E-state index is -4.63. The Hall–Kier alpha value is -2.98. The van der Waals surface area contributed by atoms with Crippen LogP contribution in [0.15, 0.2) is 42.0 Å². The van der Waals surface area contributed by atoms with Gasteiger partial charge in [0, 0.05) is 22.8 Å². The standard InChI is InChI=1S/C17H9ClF3N3O3S/c18-10-3-1-8(2-4-10)13-12(16(26)27)11(7-28-13)24-15(25)14-22-5-9(6-23-14)17(19,20)21/h1-7H,(H,24,25)(H,26,27). The molecule has 144 valence electrons. The average molecular weight is 428 g/mol. The van der Waals surface area contributed by atoms with Crippen molar-refractivity contribution < 1.29 is 27.9 Å². The molecule has 3 rings (SSSR count). The molecule has 0 aliphatic heterocycles. The van der Waals surface area contributed by atoms with Gasteiger partial charge in [0.1, 0.15) is 5.56 Å². The number of carboxylic acids is 1. The van der Waals surface area contributed by atoms with Gasteiger partial charge in [0.2, 0.25) is 5.82 Å². The van der Waals surface area contributed by atoms with Gasteiger partial charge in [-0.05, 0) is 17.7 Å². The molecule has 0 unspecified atom stereocenters. The first-order valence-electron chi connectivity index (χ1n) is 7.48. The molecule has 2 N–H and O–H groups in total. The van der Waals surface area contributed by atoms with Crippen LogP contribution in [-0.2, 0) is 6.18 Å². The number of aromatic nitrogens is 2. The van der Waals surface area contributed by atoms with Crippen LogP contribution in [0.2, 0.25) is 5.02 Å². The third-order valence-electron chi connectivity index (χ3n) is 3.54. The predicted octanol–water partition coefficient (Wildman–Crippen LogP) is 4.83. The zero-order valence-electron chi connectivity index (χ0n) is 13.6. The van der Waals surface area contributed by atoms with Crippen molar-refractivity contribution >= 4 is 40.5 Å². The Bertz CT molecular complexity index is 1030. The minimum Gasteiger partial charge on any atom is -0.478 e. The van der Waals surface area contributed by atoms with Crippen LogP contribution in [0.25, 0.3) is 10.4 Å². The van der Waals surface area contributed by atoms with E-state index in [4.69, 9.17) is 11.6 Å². The minimum absolute atomic E-state index is 0.0176. The lowest BCUT2D eigenvalue weighted by molar-refractivity contribution is -0.138. The second-order valence-electron chi connectivity index (χ2n) is 5.41. The molecule has 28 heavy (non-hydrogen) atoms. The number of rotatable bonds is 4. The molecule has 2 heterocycles. The Morgan fingerprint density at radius 1 is 1.11 bits per heavy atom. The van der Waals surface area contributed by atoms with Crippen LogP contribution in [0, 0.1) is 0 Å². The summed E-state index contributed by atoms with van der Waals surface area (Å²) in [5.41, 5.74) is -0.697. The zero-order chi connectivity index (χ0) is 20.5. The molecule has 0 bridgehead atoms. The molecule has 6 nitrogen and oxygen atoms in total. The maximum Gasteiger partial charge on any atom is 0.419 e. The highest BCUT2D eigenvalue weighted by Crippen LogP contribution is 2.36. The zero-order valence-corrected chi connectivity index (χ0v) is 15.2. The van der Waals surface area contributed by atoms with Gasteiger partial charge in [0.25, 0.3) is 5.91 Å². The lowest BCUT2D eigenvalue weighted by Gasteiger charge is -2.07. The number of thiophene rings is 1. The molecule has 0 aliphatic carbocycles. The van der Waals surface area contributed by atoms with E-state index in [2.05, 4.69) is 15.3 Å². The van der Waals surface area contributed by atoms with E-state index < -0.39 is 29.4 Å². The molecule has 1 amide bonds. The highest BCUT2D eigenvalue weighted by Gasteiger charge is 2.31. The Kier molecular flexibility index (Phi) is 5.34. The summed E-state index contributed by atoms with van der Waals surface area (Å²) in [7, 11) is 0. The number of nitrogens with one attached hydrogen (secondary N) is 1. The first-order valence-corrected chi connectivity index (χ1v) is 8.74. The quantitative estimate of drug-likeness (QED) is 0.622. The van der Waals surface area contributed by atoms with E-state index in [1.54, 1.807) is 24.3 Å². The maximum atomic E-state index is 12.5. The van der Waals surface area contributed by atoms with Crippen LogP contribution in [0.1, 0.15) is 26.5 Å². The second kappa shape index (κ2) is 7.56. The van der Waals surface area contributed by atoms with E-state index in [-0.39, 0.29) is 11.3 Å². The summed E-state index contributed by atoms with van der Waals surface area (Å²) in [6.45, 7) is 0. The number of benzene rings is 1. The molecule has 0 saturated carbocycles. The third kappa shape index (κ3) is 4.12. The monoisotopic (exact) mass is 427 g/mol. The van der Waals surface area contributed by atoms with Gasteiger partial charge >= 0.3 is 12.1 Å². The van der Waals surface area contributed by atoms with Crippen molar-refractivity contribution in [3.05, 3.63) is 64.0 Å². The van der Waals surface area contributed by atoms with E-state index in [0.717, 1.165) is 11.3 Å². The summed E-state index contributed by atoms with van der Waals surface area (Å²) >= 11 is 6.91. The number of aromatic carboxylic acids is 1. The SMILES string of the molecule is O=C(Nc1csc(-c2ccc(Cl)cc2)c1C(=O)O)c1ncc(C(F)(F)F)cn1. The van der Waals surface area contributed by atoms with Crippen molar-refractivity contribution in [1.29, 1.82) is 0 Å². The summed E-state index contributed by atoms with van der Waals surface area (Å²) in [6.07, 6.45) is -3.67. The number of carbonyl (C=O) groups is 2. The summed E-state index contributed by atoms with van der Waals surface area (Å²) in [5, 5.41) is 13.7. The van der Waals surface area contributed by atoms with E-state index in [9.17, 15) is 27.9 Å². The molecule has 0 atom stereocenters. The van der Waals surface area contributed by atoms with Crippen LogP contribution >= 0.6 is 22.9 Å². The van der Waals surface area contributed by atoms with Gasteiger partial charge in [0.15, 0.2) is 0 Å². The summed E-state index contributed by atoms with van der Waals surface area (Å²) in [4.78, 5) is 31.1. The van der Waals surface area contributed by atoms with Gasteiger partial charge in [-0.2, -0.15) is 13.2 Å². The van der Waals surface area contributed by atoms with E-state index in [1.165, 1.54) is 5.38 Å². The van der Waals surface area contributed by atoms with Crippen molar-refractivity contribution in [2.75, 3.05) is 5.32 Å². The number of amides is 1. The van der Waals surface area contributed by atoms with Gasteiger partial charge in [-0.3, -0.25) is 4.79 Å². The molecular weight excluding hydrogens is 419 g/mol. The highest BCUT2D eigenvalue weighted by molar-refractivity contribution is 7.14. The fourth-order valence-electron chi connectivity index (χ4n) is 2.25. The number of anilines is 1. The van der Waals surface area contributed by atoms with Crippen molar-refractivity contribution in [1.82, 2.24) is 9.97 Å². The topological polar surface area (TPSA) is 92.2 Å². The fourth-order valence-corrected chi connectivity index (χ4v) is 3.37. The third-order valence-corrected chi connectivity index (χ3v) is 4.82. The van der Waals surface area contributed by atoms with Crippen molar-refractivity contribution in [3.8, 4) is 10.4 Å². The number of carboxylic acid groups (broad SMARTS) is 1. The highest BCUT2D eigenvalue weighted by atomic mass is 35.5. The number of nitrogens with zero attached hydrogens (tertiary/aromatic N) is 2. The van der Waals surface area contributed by atoms with Crippen molar-refractivity contribution in [3.63, 3.8) is 0 Å². The van der Waals surface area contributed by atoms with Crippen LogP contribution < -0.4 is 5.32 Å². The number of halogens is 4. The number of alkyl halides is 3. The first kappa shape index (κ1) is 19.8. The second-order valence-corrected chi connectivity index (χ2v) is 6.73. The van der Waals surface area contributed by atoms with E-state index in [0.29, 0.717) is 27.9 Å². The smallest absolute Gasteiger partial charge is 0.419 e. The molecule has 1 aromatic carbocycles. The van der Waals surface area contributed by atoms with E-state index in [1.807, 2.05) is 0 Å². The van der Waals surface area contributed by atoms with Crippen LogP contribution in [0.3, 0.4) is 0 Å². The molecule has 11 heteroatoms. The molecule has 3 aromatic rings. The molecule has 0 aliphatic rings. The predicted molar refractivity (Wildman–Crippen MR) is 96.7 cm³/mol. The lowest BCUT2D eigenvalue weighted by Crippen LogP contribution is -2.18. The largest absolute Gasteiger partial charge is 0.478 e. The Morgan fingerprint density at radius 2 is 1.71 bits per heavy atom. The molecular formula is C17H9ClF3N3O3S. The number of hydrogen-bond donors (Lipinski definition) is 2. The van der Waals surface area contributed by atoms with Crippen molar-refractivity contribution in [2.24, 2.45) is 0 Å². The van der Waals surface area contributed by atoms with Gasteiger partial charge < -0.3 is 10.4 Å². The maximum absolute atomic E-state index is 12.5. The Labute approximate surface area is 164 Å². The van der Waals surface area contributed by atoms with Gasteiger partial charge in [-0.25, -0.2) is 14.8 Å². The summed E-state index contributed by atoms with van der Waals surface area (Å²) in [5.74, 6) is -2.74. The molecule has 0 fully saturated rings. The summed E-state index contributed by atoms with van der Waals surface area (Å²) in [6, 6.07) is 6.45. The number of carbonyl (C=O) groups excluding carboxylic acids is 1. The fraction of sp³-hybridized carbons (Fsp3) is 0.0588. The lowest BCUT2D eigenvalue weighted by atomic mass is 10.1. The average Bonchev–Trinajstić information content (AvgIpc) is 3.05. The Morgan fingerprint density at radius 3 is 2.25 bits per heavy atom. The number of hydrogen-bond acceptors (Lipinski definition) is 5. The van der Waals surface area contributed by atoms with Crippen LogP contribution in [0.4, 0.5) is 18.9 Å². The van der Waals surface area contributed by atoms with Gasteiger partial charge in [-0.1, -0.05) is 23.7 Å². The van der Waals surface area contributed by atoms with Crippen LogP contribution in [-0.4, -0.2) is 27.0 Å². The molecule has 0 saturated heterocycles. The normalized spacial score (nSPS) is 11.3. The molecule has 0 radical (unpaired) electrons. The van der Waals surface area contributed by atoms with Crippen LogP contribution in [0.5, 0.6) is 0 Å². The Balaban J connectivity index is 1.89. The first-order chi connectivity index (χ1) is 13.2. The van der Waals surface area contributed by atoms with Gasteiger partial charge in [-0.15, -0.1) is 11.3 Å². The van der Waals surface area contributed by atoms with E-state index >= 15 is 0 Å².